The van der Waals surface area contributed by atoms with E-state index >= 15 is 0 Å². The number of ketones is 1. The van der Waals surface area contributed by atoms with Crippen LogP contribution in [0.25, 0.3) is 27.9 Å². The Kier molecular flexibility index (Phi) is 5.73. The summed E-state index contributed by atoms with van der Waals surface area (Å²) in [7, 11) is 0. The minimum Gasteiger partial charge on any atom is -0.340 e. The van der Waals surface area contributed by atoms with Gasteiger partial charge < -0.3 is 4.57 Å². The molecule has 0 amide bonds. The molecule has 2 aromatic heterocycles. The lowest BCUT2D eigenvalue weighted by Crippen LogP contribution is -1.97. The Labute approximate surface area is 170 Å². The van der Waals surface area contributed by atoms with Crippen molar-refractivity contribution < 1.29 is 4.79 Å². The summed E-state index contributed by atoms with van der Waals surface area (Å²) in [6, 6.07) is 18.9. The number of unbranched alkanes of at least 4 members (excludes halogenated alkanes) is 3. The third-order valence-electron chi connectivity index (χ3n) is 5.22. The van der Waals surface area contributed by atoms with Crippen molar-refractivity contribution in [2.45, 2.75) is 39.2 Å². The van der Waals surface area contributed by atoms with E-state index in [9.17, 15) is 4.79 Å². The van der Waals surface area contributed by atoms with Gasteiger partial charge in [0.05, 0.1) is 4.88 Å². The number of para-hydroxylation sites is 1. The Balaban J connectivity index is 1.67. The molecule has 0 bridgehead atoms. The molecule has 0 aliphatic heterocycles. The molecule has 0 saturated carbocycles. The highest BCUT2D eigenvalue weighted by atomic mass is 32.1. The zero-order valence-corrected chi connectivity index (χ0v) is 17.0. The summed E-state index contributed by atoms with van der Waals surface area (Å²) in [6.45, 7) is 3.30. The molecule has 2 aromatic carbocycles. The van der Waals surface area contributed by atoms with Crippen LogP contribution in [0.15, 0.2) is 66.1 Å². The third kappa shape index (κ3) is 3.81. The maximum atomic E-state index is 12.3. The van der Waals surface area contributed by atoms with Gasteiger partial charge in [0, 0.05) is 28.4 Å². The van der Waals surface area contributed by atoms with Crippen LogP contribution in [0.1, 0.15) is 47.8 Å². The fourth-order valence-corrected chi connectivity index (χ4v) is 4.43. The van der Waals surface area contributed by atoms with Crippen molar-refractivity contribution in [3.63, 3.8) is 0 Å². The van der Waals surface area contributed by atoms with E-state index in [1.807, 2.05) is 23.6 Å². The number of thiophene rings is 1. The number of aromatic nitrogens is 1. The Bertz CT molecular complexity index is 1120. The zero-order chi connectivity index (χ0) is 19.3. The van der Waals surface area contributed by atoms with E-state index in [1.54, 1.807) is 6.08 Å². The molecule has 2 heterocycles. The molecule has 0 unspecified atom stereocenters. The van der Waals surface area contributed by atoms with Gasteiger partial charge in [0.1, 0.15) is 0 Å². The van der Waals surface area contributed by atoms with E-state index in [-0.39, 0.29) is 5.78 Å². The highest BCUT2D eigenvalue weighted by Crippen LogP contribution is 2.30. The highest BCUT2D eigenvalue weighted by Gasteiger charge is 2.10. The molecule has 0 aliphatic rings. The molecule has 3 heteroatoms. The highest BCUT2D eigenvalue weighted by molar-refractivity contribution is 7.12. The van der Waals surface area contributed by atoms with Crippen molar-refractivity contribution in [2.24, 2.45) is 0 Å². The van der Waals surface area contributed by atoms with E-state index in [2.05, 4.69) is 54.0 Å². The largest absolute Gasteiger partial charge is 0.340 e. The number of benzene rings is 2. The van der Waals surface area contributed by atoms with Crippen molar-refractivity contribution >= 4 is 45.0 Å². The lowest BCUT2D eigenvalue weighted by atomic mass is 10.1. The van der Waals surface area contributed by atoms with Crippen molar-refractivity contribution in [1.82, 2.24) is 4.57 Å². The summed E-state index contributed by atoms with van der Waals surface area (Å²) in [5, 5.41) is 4.48. The van der Waals surface area contributed by atoms with Crippen molar-refractivity contribution in [3.8, 4) is 0 Å². The van der Waals surface area contributed by atoms with E-state index < -0.39 is 0 Å². The number of nitrogens with zero attached hydrogens (tertiary/aromatic N) is 1. The summed E-state index contributed by atoms with van der Waals surface area (Å²) >= 11 is 1.48. The predicted octanol–water partition coefficient (Wildman–Crippen LogP) is 7.33. The molecule has 4 aromatic rings. The molecular formula is C25H25NOS. The Morgan fingerprint density at radius 1 is 0.964 bits per heavy atom. The van der Waals surface area contributed by atoms with Gasteiger partial charge in [-0.15, -0.1) is 11.3 Å². The number of carbonyl (C=O) groups excluding carboxylic acids is 1. The Hall–Kier alpha value is -2.65. The van der Waals surface area contributed by atoms with Crippen LogP contribution in [0.5, 0.6) is 0 Å². The van der Waals surface area contributed by atoms with Gasteiger partial charge in [-0.1, -0.05) is 62.6 Å². The second-order valence-corrected chi connectivity index (χ2v) is 8.13. The quantitative estimate of drug-likeness (QED) is 0.176. The molecule has 0 saturated heterocycles. The van der Waals surface area contributed by atoms with Gasteiger partial charge >= 0.3 is 0 Å². The second kappa shape index (κ2) is 8.57. The number of fused-ring (bicyclic) bond motifs is 3. The van der Waals surface area contributed by atoms with Crippen LogP contribution in [0.4, 0.5) is 0 Å². The summed E-state index contributed by atoms with van der Waals surface area (Å²) in [4.78, 5) is 13.0. The maximum Gasteiger partial charge on any atom is 0.195 e. The van der Waals surface area contributed by atoms with Gasteiger partial charge in [-0.2, -0.15) is 0 Å². The Morgan fingerprint density at radius 2 is 1.82 bits per heavy atom. The first-order chi connectivity index (χ1) is 13.8. The third-order valence-corrected chi connectivity index (χ3v) is 6.11. The van der Waals surface area contributed by atoms with E-state index in [1.165, 1.54) is 58.8 Å². The smallest absolute Gasteiger partial charge is 0.195 e. The predicted molar refractivity (Wildman–Crippen MR) is 121 cm³/mol. The summed E-state index contributed by atoms with van der Waals surface area (Å²) in [5.41, 5.74) is 3.63. The van der Waals surface area contributed by atoms with Gasteiger partial charge in [-0.25, -0.2) is 0 Å². The van der Waals surface area contributed by atoms with Crippen LogP contribution in [0, 0.1) is 0 Å². The number of aryl methyl sites for hydroxylation is 1. The molecule has 2 nitrogen and oxygen atoms in total. The van der Waals surface area contributed by atoms with Gasteiger partial charge in [-0.05, 0) is 47.7 Å². The normalized spacial score (nSPS) is 11.8. The van der Waals surface area contributed by atoms with Crippen molar-refractivity contribution in [2.75, 3.05) is 0 Å². The average molecular weight is 388 g/mol. The number of hydrogen-bond donors (Lipinski definition) is 0. The minimum atomic E-state index is 0.0634. The molecule has 0 N–H and O–H groups in total. The molecular weight excluding hydrogens is 362 g/mol. The molecule has 0 aliphatic carbocycles. The van der Waals surface area contributed by atoms with Crippen LogP contribution >= 0.6 is 11.3 Å². The molecule has 0 spiro atoms. The molecule has 142 valence electrons. The number of hydrogen-bond acceptors (Lipinski definition) is 2. The van der Waals surface area contributed by atoms with Crippen LogP contribution in [0.3, 0.4) is 0 Å². The van der Waals surface area contributed by atoms with Gasteiger partial charge in [0.25, 0.3) is 0 Å². The minimum absolute atomic E-state index is 0.0634. The van der Waals surface area contributed by atoms with E-state index in [0.717, 1.165) is 17.0 Å². The molecule has 4 rings (SSSR count). The van der Waals surface area contributed by atoms with Gasteiger partial charge in [0.15, 0.2) is 5.78 Å². The van der Waals surface area contributed by atoms with Crippen LogP contribution in [-0.2, 0) is 6.54 Å². The molecule has 0 radical (unpaired) electrons. The van der Waals surface area contributed by atoms with Crippen LogP contribution in [0.2, 0.25) is 0 Å². The van der Waals surface area contributed by atoms with E-state index in [4.69, 9.17) is 0 Å². The van der Waals surface area contributed by atoms with Gasteiger partial charge in [-0.3, -0.25) is 4.79 Å². The summed E-state index contributed by atoms with van der Waals surface area (Å²) < 4.78 is 2.45. The summed E-state index contributed by atoms with van der Waals surface area (Å²) in [6.07, 6.45) is 8.64. The van der Waals surface area contributed by atoms with Crippen molar-refractivity contribution in [3.05, 3.63) is 76.5 Å². The standard InChI is InChI=1S/C25H25NOS/c1-2-3-4-7-16-26-22-10-6-5-9-20(22)21-18-19(12-14-23(21)26)13-15-24(27)25-11-8-17-28-25/h5-6,8-15,17-18H,2-4,7,16H2,1H3/b15-13+. The first kappa shape index (κ1) is 18.7. The number of carbonyl (C=O) groups is 1. The maximum absolute atomic E-state index is 12.3. The fourth-order valence-electron chi connectivity index (χ4n) is 3.79. The van der Waals surface area contributed by atoms with Crippen LogP contribution < -0.4 is 0 Å². The monoisotopic (exact) mass is 387 g/mol. The lowest BCUT2D eigenvalue weighted by Gasteiger charge is -2.07. The van der Waals surface area contributed by atoms with E-state index in [0.29, 0.717) is 0 Å². The first-order valence-electron chi connectivity index (χ1n) is 10.0. The lowest BCUT2D eigenvalue weighted by molar-refractivity contribution is 0.105. The molecule has 0 atom stereocenters. The topological polar surface area (TPSA) is 22.0 Å². The molecule has 28 heavy (non-hydrogen) atoms. The first-order valence-corrected chi connectivity index (χ1v) is 10.9. The van der Waals surface area contributed by atoms with Crippen molar-refractivity contribution in [1.29, 1.82) is 0 Å². The second-order valence-electron chi connectivity index (χ2n) is 7.18. The number of allylic oxidation sites excluding steroid dienone is 1. The van der Waals surface area contributed by atoms with Crippen LogP contribution in [-0.4, -0.2) is 10.4 Å². The SMILES string of the molecule is CCCCCCn1c2ccccc2c2cc(/C=C/C(=O)c3cccs3)ccc21. The summed E-state index contributed by atoms with van der Waals surface area (Å²) in [5.74, 6) is 0.0634. The average Bonchev–Trinajstić information content (AvgIpc) is 3.37. The van der Waals surface area contributed by atoms with Gasteiger partial charge in [0.2, 0.25) is 0 Å². The fraction of sp³-hybridized carbons (Fsp3) is 0.240. The Morgan fingerprint density at radius 3 is 2.64 bits per heavy atom. The zero-order valence-electron chi connectivity index (χ0n) is 16.2. The number of rotatable bonds is 8. The molecule has 0 fully saturated rings.